The van der Waals surface area contributed by atoms with Gasteiger partial charge in [-0.3, -0.25) is 9.69 Å². The zero-order chi connectivity index (χ0) is 13.7. The first-order valence-electron chi connectivity index (χ1n) is 7.89. The molecule has 1 saturated heterocycles. The SMILES string of the molecule is C[C@@H]1CCCC[C@H]1CNC1CCN(CC(N)=O)CC1. The molecule has 1 amide bonds. The van der Waals surface area contributed by atoms with Gasteiger partial charge in [-0.25, -0.2) is 0 Å². The molecular weight excluding hydrogens is 238 g/mol. The fourth-order valence-corrected chi connectivity index (χ4v) is 3.53. The normalized spacial score (nSPS) is 30.4. The maximum Gasteiger partial charge on any atom is 0.231 e. The second-order valence-corrected chi connectivity index (χ2v) is 6.45. The second kappa shape index (κ2) is 7.25. The Hall–Kier alpha value is -0.610. The number of likely N-dealkylation sites (tertiary alicyclic amines) is 1. The summed E-state index contributed by atoms with van der Waals surface area (Å²) in [5.41, 5.74) is 5.23. The minimum absolute atomic E-state index is 0.206. The number of carbonyl (C=O) groups excluding carboxylic acids is 1. The maximum absolute atomic E-state index is 10.9. The highest BCUT2D eigenvalue weighted by molar-refractivity contribution is 5.75. The quantitative estimate of drug-likeness (QED) is 0.790. The van der Waals surface area contributed by atoms with Crippen LogP contribution in [0.15, 0.2) is 0 Å². The largest absolute Gasteiger partial charge is 0.369 e. The fraction of sp³-hybridized carbons (Fsp3) is 0.933. The van der Waals surface area contributed by atoms with Crippen molar-refractivity contribution in [2.24, 2.45) is 17.6 Å². The smallest absolute Gasteiger partial charge is 0.231 e. The van der Waals surface area contributed by atoms with Crippen LogP contribution in [-0.4, -0.2) is 43.0 Å². The van der Waals surface area contributed by atoms with Crippen LogP contribution in [0.25, 0.3) is 0 Å². The molecule has 1 aliphatic carbocycles. The summed E-state index contributed by atoms with van der Waals surface area (Å²) in [6, 6.07) is 0.637. The summed E-state index contributed by atoms with van der Waals surface area (Å²) >= 11 is 0. The van der Waals surface area contributed by atoms with E-state index in [0.29, 0.717) is 12.6 Å². The van der Waals surface area contributed by atoms with Crippen molar-refractivity contribution in [2.75, 3.05) is 26.2 Å². The van der Waals surface area contributed by atoms with Crippen LogP contribution < -0.4 is 11.1 Å². The summed E-state index contributed by atoms with van der Waals surface area (Å²) < 4.78 is 0. The summed E-state index contributed by atoms with van der Waals surface area (Å²) in [5, 5.41) is 3.75. The zero-order valence-electron chi connectivity index (χ0n) is 12.2. The molecule has 1 aliphatic heterocycles. The summed E-state index contributed by atoms with van der Waals surface area (Å²) in [6.45, 7) is 6.01. The van der Waals surface area contributed by atoms with Gasteiger partial charge >= 0.3 is 0 Å². The van der Waals surface area contributed by atoms with Crippen LogP contribution in [-0.2, 0) is 4.79 Å². The Morgan fingerprint density at radius 3 is 2.53 bits per heavy atom. The minimum atomic E-state index is -0.206. The van der Waals surface area contributed by atoms with Crippen LogP contribution in [0.1, 0.15) is 45.4 Å². The summed E-state index contributed by atoms with van der Waals surface area (Å²) in [5.74, 6) is 1.55. The molecule has 2 atom stereocenters. The lowest BCUT2D eigenvalue weighted by atomic mass is 9.80. The molecule has 1 heterocycles. The summed E-state index contributed by atoms with van der Waals surface area (Å²) in [6.07, 6.45) is 7.93. The lowest BCUT2D eigenvalue weighted by molar-refractivity contribution is -0.119. The molecule has 0 spiro atoms. The molecule has 0 aromatic carbocycles. The standard InChI is InChI=1S/C15H29N3O/c1-12-4-2-3-5-13(12)10-17-14-6-8-18(9-7-14)11-15(16)19/h12-14,17H,2-11H2,1H3,(H2,16,19)/t12-,13+/m1/s1. The molecule has 1 saturated carbocycles. The maximum atomic E-state index is 10.9. The van der Waals surface area contributed by atoms with Gasteiger partial charge in [-0.05, 0) is 37.6 Å². The van der Waals surface area contributed by atoms with Crippen LogP contribution in [0.5, 0.6) is 0 Å². The van der Waals surface area contributed by atoms with E-state index in [-0.39, 0.29) is 5.91 Å². The van der Waals surface area contributed by atoms with Gasteiger partial charge in [0.15, 0.2) is 0 Å². The van der Waals surface area contributed by atoms with Gasteiger partial charge < -0.3 is 11.1 Å². The van der Waals surface area contributed by atoms with Crippen LogP contribution in [0.3, 0.4) is 0 Å². The van der Waals surface area contributed by atoms with E-state index in [0.717, 1.165) is 37.8 Å². The number of hydrogen-bond donors (Lipinski definition) is 2. The molecule has 2 aliphatic rings. The predicted molar refractivity (Wildman–Crippen MR) is 77.8 cm³/mol. The Morgan fingerprint density at radius 1 is 1.21 bits per heavy atom. The molecule has 2 fully saturated rings. The topological polar surface area (TPSA) is 58.4 Å². The molecule has 110 valence electrons. The second-order valence-electron chi connectivity index (χ2n) is 6.45. The third-order valence-corrected chi connectivity index (χ3v) is 4.92. The lowest BCUT2D eigenvalue weighted by Crippen LogP contribution is -2.46. The molecule has 19 heavy (non-hydrogen) atoms. The third-order valence-electron chi connectivity index (χ3n) is 4.92. The zero-order valence-corrected chi connectivity index (χ0v) is 12.2. The first-order valence-corrected chi connectivity index (χ1v) is 7.89. The first-order chi connectivity index (χ1) is 9.15. The number of piperidine rings is 1. The molecule has 0 bridgehead atoms. The predicted octanol–water partition coefficient (Wildman–Crippen LogP) is 1.35. The van der Waals surface area contributed by atoms with Crippen molar-refractivity contribution in [2.45, 2.75) is 51.5 Å². The molecule has 4 heteroatoms. The molecule has 2 rings (SSSR count). The van der Waals surface area contributed by atoms with E-state index < -0.39 is 0 Å². The average Bonchev–Trinajstić information content (AvgIpc) is 2.39. The van der Waals surface area contributed by atoms with E-state index in [4.69, 9.17) is 5.73 Å². The molecular formula is C15H29N3O. The van der Waals surface area contributed by atoms with E-state index in [1.807, 2.05) is 0 Å². The van der Waals surface area contributed by atoms with Crippen LogP contribution >= 0.6 is 0 Å². The van der Waals surface area contributed by atoms with Gasteiger partial charge in [-0.2, -0.15) is 0 Å². The van der Waals surface area contributed by atoms with E-state index in [2.05, 4.69) is 17.1 Å². The van der Waals surface area contributed by atoms with Crippen LogP contribution in [0, 0.1) is 11.8 Å². The van der Waals surface area contributed by atoms with Gasteiger partial charge in [-0.1, -0.05) is 26.2 Å². The van der Waals surface area contributed by atoms with Crippen molar-refractivity contribution < 1.29 is 4.79 Å². The molecule has 0 aromatic rings. The number of carbonyl (C=O) groups is 1. The van der Waals surface area contributed by atoms with Gasteiger partial charge in [-0.15, -0.1) is 0 Å². The number of nitrogens with one attached hydrogen (secondary N) is 1. The lowest BCUT2D eigenvalue weighted by Gasteiger charge is -2.34. The fourth-order valence-electron chi connectivity index (χ4n) is 3.53. The van der Waals surface area contributed by atoms with Crippen molar-refractivity contribution in [1.29, 1.82) is 0 Å². The Bertz CT molecular complexity index is 287. The van der Waals surface area contributed by atoms with Crippen molar-refractivity contribution in [3.63, 3.8) is 0 Å². The van der Waals surface area contributed by atoms with Gasteiger partial charge in [0, 0.05) is 19.1 Å². The Labute approximate surface area is 117 Å². The van der Waals surface area contributed by atoms with Crippen molar-refractivity contribution in [1.82, 2.24) is 10.2 Å². The number of nitrogens with two attached hydrogens (primary N) is 1. The molecule has 4 nitrogen and oxygen atoms in total. The molecule has 0 unspecified atom stereocenters. The highest BCUT2D eigenvalue weighted by Crippen LogP contribution is 2.29. The van der Waals surface area contributed by atoms with Gasteiger partial charge in [0.2, 0.25) is 5.91 Å². The third kappa shape index (κ3) is 4.77. The Morgan fingerprint density at radius 2 is 1.89 bits per heavy atom. The Kier molecular flexibility index (Phi) is 5.64. The average molecular weight is 267 g/mol. The number of rotatable bonds is 5. The number of amides is 1. The Balaban J connectivity index is 1.64. The summed E-state index contributed by atoms with van der Waals surface area (Å²) in [7, 11) is 0. The van der Waals surface area contributed by atoms with Crippen LogP contribution in [0.2, 0.25) is 0 Å². The minimum Gasteiger partial charge on any atom is -0.369 e. The number of primary amides is 1. The van der Waals surface area contributed by atoms with Gasteiger partial charge in [0.25, 0.3) is 0 Å². The first kappa shape index (κ1) is 14.8. The molecule has 3 N–H and O–H groups in total. The number of nitrogens with zero attached hydrogens (tertiary/aromatic N) is 1. The summed E-state index contributed by atoms with van der Waals surface area (Å²) in [4.78, 5) is 13.1. The van der Waals surface area contributed by atoms with E-state index >= 15 is 0 Å². The van der Waals surface area contributed by atoms with E-state index in [1.54, 1.807) is 0 Å². The highest BCUT2D eigenvalue weighted by atomic mass is 16.1. The van der Waals surface area contributed by atoms with E-state index in [9.17, 15) is 4.79 Å². The van der Waals surface area contributed by atoms with Crippen molar-refractivity contribution >= 4 is 5.91 Å². The van der Waals surface area contributed by atoms with Crippen molar-refractivity contribution in [3.8, 4) is 0 Å². The van der Waals surface area contributed by atoms with Gasteiger partial charge in [0.05, 0.1) is 6.54 Å². The molecule has 0 aromatic heterocycles. The highest BCUT2D eigenvalue weighted by Gasteiger charge is 2.24. The van der Waals surface area contributed by atoms with Crippen LogP contribution in [0.4, 0.5) is 0 Å². The van der Waals surface area contributed by atoms with E-state index in [1.165, 1.54) is 32.2 Å². The monoisotopic (exact) mass is 267 g/mol. The number of hydrogen-bond acceptors (Lipinski definition) is 3. The molecule has 0 radical (unpaired) electrons. The van der Waals surface area contributed by atoms with Gasteiger partial charge in [0.1, 0.15) is 0 Å². The van der Waals surface area contributed by atoms with Crippen molar-refractivity contribution in [3.05, 3.63) is 0 Å².